The Labute approximate surface area is 177 Å². The molecule has 0 aliphatic rings. The van der Waals surface area contributed by atoms with Gasteiger partial charge < -0.3 is 15.7 Å². The zero-order valence-electron chi connectivity index (χ0n) is 16.4. The second-order valence-electron chi connectivity index (χ2n) is 6.48. The normalized spacial score (nSPS) is 11.4. The van der Waals surface area contributed by atoms with Crippen LogP contribution in [-0.4, -0.2) is 33.1 Å². The number of nitrogens with zero attached hydrogens (tertiary/aromatic N) is 1. The number of benzene rings is 2. The molecule has 0 aliphatic carbocycles. The lowest BCUT2D eigenvalue weighted by atomic mass is 10.2. The number of hydrogen-bond donors (Lipinski definition) is 3. The van der Waals surface area contributed by atoms with Gasteiger partial charge in [0.1, 0.15) is 0 Å². The first-order valence-electron chi connectivity index (χ1n) is 9.00. The molecule has 2 amide bonds. The van der Waals surface area contributed by atoms with Gasteiger partial charge in [-0.3, -0.25) is 24.5 Å². The molecule has 9 nitrogen and oxygen atoms in total. The molecule has 0 aromatic heterocycles. The largest absolute Gasteiger partial charge is 0.481 e. The van der Waals surface area contributed by atoms with Crippen LogP contribution >= 0.6 is 11.8 Å². The Bertz CT molecular complexity index is 979. The first-order chi connectivity index (χ1) is 14.2. The van der Waals surface area contributed by atoms with Gasteiger partial charge in [-0.1, -0.05) is 12.1 Å². The van der Waals surface area contributed by atoms with Crippen molar-refractivity contribution in [1.29, 1.82) is 0 Å². The zero-order valence-corrected chi connectivity index (χ0v) is 17.2. The summed E-state index contributed by atoms with van der Waals surface area (Å²) < 4.78 is 0. The predicted octanol–water partition coefficient (Wildman–Crippen LogP) is 3.83. The first-order valence-corrected chi connectivity index (χ1v) is 9.88. The SMILES string of the molecule is Cc1ccc([N+](=O)[O-])cc1NC(=O)C(C)Sc1cccc(NC(=O)CCC(=O)O)c1. The van der Waals surface area contributed by atoms with Crippen molar-refractivity contribution < 1.29 is 24.4 Å². The number of aryl methyl sites for hydroxylation is 1. The van der Waals surface area contributed by atoms with Gasteiger partial charge in [-0.05, 0) is 37.6 Å². The van der Waals surface area contributed by atoms with Crippen molar-refractivity contribution in [2.24, 2.45) is 0 Å². The minimum atomic E-state index is -1.05. The van der Waals surface area contributed by atoms with Crippen molar-refractivity contribution in [3.63, 3.8) is 0 Å². The molecule has 0 saturated heterocycles. The van der Waals surface area contributed by atoms with Gasteiger partial charge >= 0.3 is 5.97 Å². The minimum absolute atomic E-state index is 0.109. The number of nitro groups is 1. The summed E-state index contributed by atoms with van der Waals surface area (Å²) in [6, 6.07) is 11.1. The van der Waals surface area contributed by atoms with Gasteiger partial charge in [0, 0.05) is 29.1 Å². The molecule has 2 aromatic carbocycles. The molecule has 0 spiro atoms. The van der Waals surface area contributed by atoms with E-state index in [2.05, 4.69) is 10.6 Å². The van der Waals surface area contributed by atoms with Crippen LogP contribution in [0.1, 0.15) is 25.3 Å². The number of aliphatic carboxylic acids is 1. The number of carbonyl (C=O) groups is 3. The molecule has 0 heterocycles. The van der Waals surface area contributed by atoms with Crippen LogP contribution in [0.2, 0.25) is 0 Å². The Morgan fingerprint density at radius 1 is 1.13 bits per heavy atom. The lowest BCUT2D eigenvalue weighted by Crippen LogP contribution is -2.22. The number of hydrogen-bond acceptors (Lipinski definition) is 6. The Morgan fingerprint density at radius 3 is 2.53 bits per heavy atom. The number of amides is 2. The molecule has 2 aromatic rings. The molecule has 1 unspecified atom stereocenters. The van der Waals surface area contributed by atoms with Crippen LogP contribution in [0.4, 0.5) is 17.1 Å². The van der Waals surface area contributed by atoms with E-state index in [-0.39, 0.29) is 24.4 Å². The molecule has 30 heavy (non-hydrogen) atoms. The molecule has 158 valence electrons. The average molecular weight is 431 g/mol. The summed E-state index contributed by atoms with van der Waals surface area (Å²) in [7, 11) is 0. The van der Waals surface area contributed by atoms with E-state index in [1.807, 2.05) is 0 Å². The van der Waals surface area contributed by atoms with Crippen molar-refractivity contribution in [2.45, 2.75) is 36.8 Å². The molecule has 0 aliphatic heterocycles. The number of rotatable bonds is 9. The maximum Gasteiger partial charge on any atom is 0.303 e. The van der Waals surface area contributed by atoms with E-state index in [9.17, 15) is 24.5 Å². The second-order valence-corrected chi connectivity index (χ2v) is 7.89. The molecule has 1 atom stereocenters. The number of carboxylic acid groups (broad SMARTS) is 1. The minimum Gasteiger partial charge on any atom is -0.481 e. The Kier molecular flexibility index (Phi) is 7.93. The van der Waals surface area contributed by atoms with E-state index in [4.69, 9.17) is 5.11 Å². The Balaban J connectivity index is 2.00. The lowest BCUT2D eigenvalue weighted by molar-refractivity contribution is -0.384. The third kappa shape index (κ3) is 6.89. The summed E-state index contributed by atoms with van der Waals surface area (Å²) in [4.78, 5) is 46.0. The van der Waals surface area contributed by atoms with E-state index in [0.717, 1.165) is 4.90 Å². The van der Waals surface area contributed by atoms with Gasteiger partial charge in [0.25, 0.3) is 5.69 Å². The Morgan fingerprint density at radius 2 is 1.87 bits per heavy atom. The summed E-state index contributed by atoms with van der Waals surface area (Å²) in [6.45, 7) is 3.44. The van der Waals surface area contributed by atoms with Crippen molar-refractivity contribution in [3.05, 3.63) is 58.1 Å². The van der Waals surface area contributed by atoms with Crippen LogP contribution in [0.25, 0.3) is 0 Å². The van der Waals surface area contributed by atoms with Gasteiger partial charge in [-0.25, -0.2) is 0 Å². The van der Waals surface area contributed by atoms with E-state index in [1.54, 1.807) is 44.2 Å². The van der Waals surface area contributed by atoms with Gasteiger partial charge in [-0.2, -0.15) is 0 Å². The van der Waals surface area contributed by atoms with Gasteiger partial charge in [0.15, 0.2) is 0 Å². The van der Waals surface area contributed by atoms with Crippen LogP contribution in [0.3, 0.4) is 0 Å². The van der Waals surface area contributed by atoms with Gasteiger partial charge in [-0.15, -0.1) is 11.8 Å². The van der Waals surface area contributed by atoms with Crippen molar-refractivity contribution in [3.8, 4) is 0 Å². The molecule has 0 bridgehead atoms. The molecular formula is C20H21N3O6S. The molecule has 0 saturated carbocycles. The number of anilines is 2. The summed E-state index contributed by atoms with van der Waals surface area (Å²) in [6.07, 6.45) is -0.386. The van der Waals surface area contributed by atoms with Gasteiger partial charge in [0.05, 0.1) is 22.3 Å². The van der Waals surface area contributed by atoms with E-state index >= 15 is 0 Å². The summed E-state index contributed by atoms with van der Waals surface area (Å²) in [5.74, 6) is -1.78. The quantitative estimate of drug-likeness (QED) is 0.311. The number of nitro benzene ring substituents is 1. The highest BCUT2D eigenvalue weighted by Gasteiger charge is 2.17. The van der Waals surface area contributed by atoms with Crippen LogP contribution in [0, 0.1) is 17.0 Å². The van der Waals surface area contributed by atoms with Crippen LogP contribution in [-0.2, 0) is 14.4 Å². The number of non-ortho nitro benzene ring substituents is 1. The fourth-order valence-corrected chi connectivity index (χ4v) is 3.37. The monoisotopic (exact) mass is 431 g/mol. The lowest BCUT2D eigenvalue weighted by Gasteiger charge is -2.14. The van der Waals surface area contributed by atoms with Crippen molar-refractivity contribution >= 4 is 46.6 Å². The molecule has 0 radical (unpaired) electrons. The summed E-state index contributed by atoms with van der Waals surface area (Å²) in [5, 5.41) is 24.4. The number of carboxylic acids is 1. The number of thioether (sulfide) groups is 1. The maximum atomic E-state index is 12.5. The van der Waals surface area contributed by atoms with Crippen LogP contribution in [0.5, 0.6) is 0 Å². The number of carbonyl (C=O) groups excluding carboxylic acids is 2. The smallest absolute Gasteiger partial charge is 0.303 e. The standard InChI is InChI=1S/C20H21N3O6S/c1-12-6-7-15(23(28)29)11-17(12)22-20(27)13(2)30-16-5-3-4-14(10-16)21-18(24)8-9-19(25)26/h3-7,10-11,13H,8-9H2,1-2H3,(H,21,24)(H,22,27)(H,25,26). The highest BCUT2D eigenvalue weighted by atomic mass is 32.2. The molecule has 10 heteroatoms. The van der Waals surface area contributed by atoms with Crippen molar-refractivity contribution in [2.75, 3.05) is 10.6 Å². The number of nitrogens with one attached hydrogen (secondary N) is 2. The fourth-order valence-electron chi connectivity index (χ4n) is 2.44. The van der Waals surface area contributed by atoms with Crippen LogP contribution < -0.4 is 10.6 Å². The average Bonchev–Trinajstić information content (AvgIpc) is 2.68. The summed E-state index contributed by atoms with van der Waals surface area (Å²) in [5.41, 5.74) is 1.47. The molecule has 3 N–H and O–H groups in total. The molecular weight excluding hydrogens is 410 g/mol. The second kappa shape index (κ2) is 10.4. The van der Waals surface area contributed by atoms with E-state index < -0.39 is 22.0 Å². The maximum absolute atomic E-state index is 12.5. The molecule has 0 fully saturated rings. The predicted molar refractivity (Wildman–Crippen MR) is 114 cm³/mol. The highest BCUT2D eigenvalue weighted by molar-refractivity contribution is 8.00. The molecule has 2 rings (SSSR count). The van der Waals surface area contributed by atoms with Crippen molar-refractivity contribution in [1.82, 2.24) is 0 Å². The van der Waals surface area contributed by atoms with Crippen LogP contribution in [0.15, 0.2) is 47.4 Å². The zero-order chi connectivity index (χ0) is 22.3. The van der Waals surface area contributed by atoms with Gasteiger partial charge in [0.2, 0.25) is 11.8 Å². The summed E-state index contributed by atoms with van der Waals surface area (Å²) >= 11 is 1.26. The highest BCUT2D eigenvalue weighted by Crippen LogP contribution is 2.28. The fraction of sp³-hybridized carbons (Fsp3) is 0.250. The third-order valence-corrected chi connectivity index (χ3v) is 5.15. The third-order valence-electron chi connectivity index (χ3n) is 4.06. The van der Waals surface area contributed by atoms with E-state index in [1.165, 1.54) is 23.9 Å². The first kappa shape index (κ1) is 22.9. The Hall–Kier alpha value is -3.40. The topological polar surface area (TPSA) is 139 Å². The van der Waals surface area contributed by atoms with E-state index in [0.29, 0.717) is 16.9 Å².